The molecular weight excluding hydrogens is 264 g/mol. The zero-order valence-corrected chi connectivity index (χ0v) is 9.66. The molecule has 0 aliphatic carbocycles. The van der Waals surface area contributed by atoms with Gasteiger partial charge in [0.05, 0.1) is 6.61 Å². The summed E-state index contributed by atoms with van der Waals surface area (Å²) in [7, 11) is 0. The highest BCUT2D eigenvalue weighted by atomic mass is 16.7. The Bertz CT molecular complexity index is 346. The number of hydrogen-bond donors (Lipinski definition) is 5. The third-order valence-electron chi connectivity index (χ3n) is 1.99. The van der Waals surface area contributed by atoms with E-state index in [1.165, 1.54) is 0 Å². The van der Waals surface area contributed by atoms with Gasteiger partial charge in [-0.3, -0.25) is 9.63 Å². The van der Waals surface area contributed by atoms with Gasteiger partial charge in [0.1, 0.15) is 24.9 Å². The van der Waals surface area contributed by atoms with Crippen LogP contribution in [-0.2, 0) is 14.4 Å². The lowest BCUT2D eigenvalue weighted by Gasteiger charge is -2.25. The maximum absolute atomic E-state index is 11.0. The highest BCUT2D eigenvalue weighted by Gasteiger charge is 2.32. The number of rotatable bonds is 9. The number of hydroxylamine groups is 1. The van der Waals surface area contributed by atoms with Crippen molar-refractivity contribution in [3.8, 4) is 0 Å². The number of carbonyl (C=O) groups is 2. The number of nitrogens with one attached hydrogen (secondary N) is 1. The molecule has 0 aromatic heterocycles. The molecule has 0 radical (unpaired) electrons. The summed E-state index contributed by atoms with van der Waals surface area (Å²) in [4.78, 5) is 28.4. The second-order valence-corrected chi connectivity index (χ2v) is 3.36. The van der Waals surface area contributed by atoms with Crippen LogP contribution in [-0.4, -0.2) is 70.2 Å². The lowest BCUT2D eigenvalue weighted by molar-refractivity contribution is -0.165. The Morgan fingerprint density at radius 1 is 1.42 bits per heavy atom. The molecule has 0 spiro atoms. The molecule has 4 atom stereocenters. The number of hydrogen-bond acceptors (Lipinski definition) is 8. The zero-order chi connectivity index (χ0) is 14.8. The molecule has 0 saturated carbocycles. The number of amides is 1. The monoisotopic (exact) mass is 278 g/mol. The van der Waals surface area contributed by atoms with Crippen molar-refractivity contribution in [1.29, 1.82) is 0 Å². The fraction of sp³-hybridized carbons (Fsp3) is 0.750. The molecule has 19 heavy (non-hydrogen) atoms. The van der Waals surface area contributed by atoms with Crippen LogP contribution in [0.3, 0.4) is 0 Å². The van der Waals surface area contributed by atoms with Crippen LogP contribution in [0.5, 0.6) is 0 Å². The second-order valence-electron chi connectivity index (χ2n) is 3.36. The van der Waals surface area contributed by atoms with Gasteiger partial charge in [0.15, 0.2) is 12.4 Å². The van der Waals surface area contributed by atoms with Crippen LogP contribution >= 0.6 is 0 Å². The largest absolute Gasteiger partial charge is 0.394 e. The normalized spacial score (nSPS) is 16.6. The maximum atomic E-state index is 11.0. The van der Waals surface area contributed by atoms with E-state index in [0.717, 1.165) is 0 Å². The van der Waals surface area contributed by atoms with E-state index in [1.54, 1.807) is 5.48 Å². The zero-order valence-electron chi connectivity index (χ0n) is 9.66. The maximum Gasteiger partial charge on any atom is 0.249 e. The smallest absolute Gasteiger partial charge is 0.249 e. The van der Waals surface area contributed by atoms with Gasteiger partial charge in [0.2, 0.25) is 5.91 Å². The van der Waals surface area contributed by atoms with E-state index in [4.69, 9.17) is 15.7 Å². The summed E-state index contributed by atoms with van der Waals surface area (Å²) >= 11 is 0. The summed E-state index contributed by atoms with van der Waals surface area (Å²) in [5.41, 5.74) is 9.66. The van der Waals surface area contributed by atoms with Crippen LogP contribution in [0.1, 0.15) is 0 Å². The molecule has 11 heteroatoms. The molecule has 0 aliphatic rings. The lowest BCUT2D eigenvalue weighted by Crippen LogP contribution is -2.49. The quantitative estimate of drug-likeness (QED) is 0.0976. The van der Waals surface area contributed by atoms with Crippen molar-refractivity contribution in [3.05, 3.63) is 10.4 Å². The molecule has 11 nitrogen and oxygen atoms in total. The van der Waals surface area contributed by atoms with Gasteiger partial charge < -0.3 is 25.2 Å². The fourth-order valence-corrected chi connectivity index (χ4v) is 0.970. The van der Waals surface area contributed by atoms with Gasteiger partial charge in [-0.25, -0.2) is 5.48 Å². The second kappa shape index (κ2) is 9.22. The van der Waals surface area contributed by atoms with Crippen LogP contribution in [0.4, 0.5) is 0 Å². The van der Waals surface area contributed by atoms with Crippen molar-refractivity contribution in [2.45, 2.75) is 24.4 Å². The molecule has 0 fully saturated rings. The fourth-order valence-electron chi connectivity index (χ4n) is 0.970. The topological polar surface area (TPSA) is 185 Å². The third kappa shape index (κ3) is 6.10. The van der Waals surface area contributed by atoms with Crippen molar-refractivity contribution < 1.29 is 34.9 Å². The Morgan fingerprint density at radius 3 is 2.53 bits per heavy atom. The molecule has 0 aliphatic heterocycles. The van der Waals surface area contributed by atoms with E-state index >= 15 is 0 Å². The summed E-state index contributed by atoms with van der Waals surface area (Å²) in [6, 6.07) is 0. The van der Waals surface area contributed by atoms with Crippen molar-refractivity contribution >= 4 is 12.2 Å². The summed E-state index contributed by atoms with van der Waals surface area (Å²) in [5.74, 6) is -0.881. The van der Waals surface area contributed by atoms with Gasteiger partial charge >= 0.3 is 0 Å². The first kappa shape index (κ1) is 17.2. The van der Waals surface area contributed by atoms with Gasteiger partial charge in [-0.1, -0.05) is 5.11 Å². The average Bonchev–Trinajstić information content (AvgIpc) is 2.43. The van der Waals surface area contributed by atoms with Crippen LogP contribution in [0.2, 0.25) is 0 Å². The molecule has 0 rings (SSSR count). The lowest BCUT2D eigenvalue weighted by atomic mass is 10.0. The minimum atomic E-state index is -1.88. The van der Waals surface area contributed by atoms with E-state index in [0.29, 0.717) is 0 Å². The number of nitrogens with zero attached hydrogens (tertiary/aromatic N) is 3. The molecule has 0 bridgehead atoms. The van der Waals surface area contributed by atoms with E-state index < -0.39 is 43.5 Å². The minimum Gasteiger partial charge on any atom is -0.394 e. The molecule has 0 aromatic carbocycles. The molecule has 0 saturated heterocycles. The summed E-state index contributed by atoms with van der Waals surface area (Å²) in [6.45, 7) is -1.42. The first-order valence-corrected chi connectivity index (χ1v) is 5.03. The molecule has 0 heterocycles. The van der Waals surface area contributed by atoms with Gasteiger partial charge in [0, 0.05) is 4.91 Å². The molecule has 5 N–H and O–H groups in total. The first-order valence-electron chi connectivity index (χ1n) is 5.03. The summed E-state index contributed by atoms with van der Waals surface area (Å²) < 4.78 is 0. The Balaban J connectivity index is 4.37. The number of azide groups is 1. The Hall–Kier alpha value is -1.75. The van der Waals surface area contributed by atoms with Crippen molar-refractivity contribution in [3.63, 3.8) is 0 Å². The van der Waals surface area contributed by atoms with E-state index in [1.807, 2.05) is 0 Å². The Labute approximate surface area is 107 Å². The van der Waals surface area contributed by atoms with Crippen LogP contribution in [0.25, 0.3) is 10.4 Å². The minimum absolute atomic E-state index is 0.0752. The van der Waals surface area contributed by atoms with E-state index in [-0.39, 0.29) is 6.29 Å². The highest BCUT2D eigenvalue weighted by Crippen LogP contribution is 2.05. The standard InChI is InChI=1S/C8H14N4O7/c9-12-10-1-6(16)11-19-5(3-14)8(18)7(17)4(15)2-13/h3-5,7-8,13,15,17-18H,1-2H2,(H,11,16)/t4-,5+,7-,8-/m1/s1. The summed E-state index contributed by atoms with van der Waals surface area (Å²) in [6.07, 6.45) is -7.01. The van der Waals surface area contributed by atoms with Gasteiger partial charge in [-0.15, -0.1) is 0 Å². The van der Waals surface area contributed by atoms with Gasteiger partial charge in [0.25, 0.3) is 0 Å². The molecule has 108 valence electrons. The van der Waals surface area contributed by atoms with E-state index in [2.05, 4.69) is 14.9 Å². The average molecular weight is 278 g/mol. The van der Waals surface area contributed by atoms with E-state index in [9.17, 15) is 19.8 Å². The number of aliphatic hydroxyl groups is 4. The van der Waals surface area contributed by atoms with Crippen LogP contribution in [0.15, 0.2) is 5.11 Å². The van der Waals surface area contributed by atoms with Crippen molar-refractivity contribution in [1.82, 2.24) is 5.48 Å². The Morgan fingerprint density at radius 2 is 2.05 bits per heavy atom. The molecule has 1 amide bonds. The third-order valence-corrected chi connectivity index (χ3v) is 1.99. The highest BCUT2D eigenvalue weighted by molar-refractivity contribution is 5.77. The SMILES string of the molecule is [N-]=[N+]=NCC(=O)NO[C@@H](C=O)[C@@H](O)[C@H](O)[C@H](O)CO. The number of aldehydes is 1. The molecular formula is C8H14N4O7. The summed E-state index contributed by atoms with van der Waals surface area (Å²) in [5, 5.41) is 39.3. The van der Waals surface area contributed by atoms with Gasteiger partial charge in [-0.05, 0) is 5.53 Å². The van der Waals surface area contributed by atoms with Crippen LogP contribution < -0.4 is 5.48 Å². The van der Waals surface area contributed by atoms with Gasteiger partial charge in [-0.2, -0.15) is 0 Å². The number of carbonyl (C=O) groups excluding carboxylic acids is 2. The number of aliphatic hydroxyl groups excluding tert-OH is 4. The van der Waals surface area contributed by atoms with Crippen LogP contribution in [0, 0.1) is 0 Å². The molecule has 0 aromatic rings. The predicted octanol–water partition coefficient (Wildman–Crippen LogP) is -3.01. The van der Waals surface area contributed by atoms with Crippen molar-refractivity contribution in [2.75, 3.05) is 13.2 Å². The van der Waals surface area contributed by atoms with Crippen molar-refractivity contribution in [2.24, 2.45) is 5.11 Å². The predicted molar refractivity (Wildman–Crippen MR) is 58.2 cm³/mol. The first-order chi connectivity index (χ1) is 8.97. The molecule has 0 unspecified atom stereocenters. The Kier molecular flexibility index (Phi) is 8.37.